The zero-order valence-corrected chi connectivity index (χ0v) is 14.2. The first-order chi connectivity index (χ1) is 10.2. The number of rotatable bonds is 6. The molecule has 0 unspecified atom stereocenters. The van der Waals surface area contributed by atoms with Crippen molar-refractivity contribution in [3.8, 4) is 0 Å². The van der Waals surface area contributed by atoms with E-state index in [0.717, 1.165) is 49.9 Å². The van der Waals surface area contributed by atoms with Crippen LogP contribution in [0.5, 0.6) is 0 Å². The molecule has 1 amide bonds. The second-order valence-corrected chi connectivity index (χ2v) is 6.71. The molecule has 2 heterocycles. The average Bonchev–Trinajstić information content (AvgIpc) is 2.87. The van der Waals surface area contributed by atoms with Gasteiger partial charge in [0.05, 0.1) is 5.75 Å². The van der Waals surface area contributed by atoms with Gasteiger partial charge >= 0.3 is 0 Å². The van der Waals surface area contributed by atoms with Crippen LogP contribution in [0.3, 0.4) is 0 Å². The lowest BCUT2D eigenvalue weighted by Crippen LogP contribution is -2.40. The van der Waals surface area contributed by atoms with E-state index in [1.165, 1.54) is 18.2 Å². The first-order valence-corrected chi connectivity index (χ1v) is 8.96. The molecule has 0 radical (unpaired) electrons. The summed E-state index contributed by atoms with van der Waals surface area (Å²) in [6.07, 6.45) is 4.37. The predicted molar refractivity (Wildman–Crippen MR) is 85.4 cm³/mol. The Labute approximate surface area is 131 Å². The number of thioether (sulfide) groups is 1. The summed E-state index contributed by atoms with van der Waals surface area (Å²) in [7, 11) is 0. The molecular weight excluding hydrogens is 284 g/mol. The second-order valence-electron chi connectivity index (χ2n) is 5.77. The average molecular weight is 310 g/mol. The van der Waals surface area contributed by atoms with Crippen molar-refractivity contribution < 1.29 is 4.79 Å². The molecule has 5 nitrogen and oxygen atoms in total. The highest BCUT2D eigenvalue weighted by Crippen LogP contribution is 2.21. The van der Waals surface area contributed by atoms with E-state index >= 15 is 0 Å². The van der Waals surface area contributed by atoms with Crippen LogP contribution >= 0.6 is 11.8 Å². The first kappa shape index (κ1) is 16.3. The highest BCUT2D eigenvalue weighted by atomic mass is 32.2. The van der Waals surface area contributed by atoms with E-state index < -0.39 is 0 Å². The van der Waals surface area contributed by atoms with Crippen molar-refractivity contribution in [2.45, 2.75) is 58.2 Å². The zero-order chi connectivity index (χ0) is 15.2. The fraction of sp³-hybridized carbons (Fsp3) is 0.800. The third-order valence-electron chi connectivity index (χ3n) is 3.92. The Morgan fingerprint density at radius 3 is 2.86 bits per heavy atom. The van der Waals surface area contributed by atoms with Gasteiger partial charge in [-0.1, -0.05) is 25.6 Å². The van der Waals surface area contributed by atoms with E-state index in [9.17, 15) is 4.79 Å². The Bertz CT molecular complexity index is 474. The van der Waals surface area contributed by atoms with Crippen molar-refractivity contribution in [2.24, 2.45) is 5.92 Å². The minimum atomic E-state index is 0.231. The first-order valence-electron chi connectivity index (χ1n) is 7.98. The SMILES string of the molecule is CCCc1nnc(SCC(=O)N2CCC[C@@H](C)C2)n1CC. The maximum absolute atomic E-state index is 12.3. The van der Waals surface area contributed by atoms with Gasteiger partial charge in [-0.25, -0.2) is 0 Å². The Morgan fingerprint density at radius 2 is 2.19 bits per heavy atom. The minimum Gasteiger partial charge on any atom is -0.342 e. The summed E-state index contributed by atoms with van der Waals surface area (Å²) < 4.78 is 2.13. The van der Waals surface area contributed by atoms with Crippen LogP contribution in [0.4, 0.5) is 0 Å². The topological polar surface area (TPSA) is 51.0 Å². The molecule has 0 N–H and O–H groups in total. The number of carbonyl (C=O) groups excluding carboxylic acids is 1. The van der Waals surface area contributed by atoms with Crippen LogP contribution < -0.4 is 0 Å². The maximum atomic E-state index is 12.3. The van der Waals surface area contributed by atoms with Gasteiger partial charge in [-0.05, 0) is 32.1 Å². The molecule has 1 aliphatic heterocycles. The van der Waals surface area contributed by atoms with Gasteiger partial charge in [0.15, 0.2) is 5.16 Å². The summed E-state index contributed by atoms with van der Waals surface area (Å²) in [6, 6.07) is 0. The lowest BCUT2D eigenvalue weighted by atomic mass is 10.0. The third-order valence-corrected chi connectivity index (χ3v) is 4.87. The Kier molecular flexibility index (Phi) is 6.08. The lowest BCUT2D eigenvalue weighted by Gasteiger charge is -2.30. The van der Waals surface area contributed by atoms with E-state index in [1.54, 1.807) is 0 Å². The van der Waals surface area contributed by atoms with Crippen LogP contribution in [-0.4, -0.2) is 44.4 Å². The molecule has 118 valence electrons. The monoisotopic (exact) mass is 310 g/mol. The summed E-state index contributed by atoms with van der Waals surface area (Å²) in [5.41, 5.74) is 0. The lowest BCUT2D eigenvalue weighted by molar-refractivity contribution is -0.130. The minimum absolute atomic E-state index is 0.231. The fourth-order valence-electron chi connectivity index (χ4n) is 2.79. The molecule has 1 aromatic heterocycles. The van der Waals surface area contributed by atoms with Gasteiger partial charge in [-0.3, -0.25) is 4.79 Å². The van der Waals surface area contributed by atoms with E-state index in [1.807, 2.05) is 4.90 Å². The molecule has 21 heavy (non-hydrogen) atoms. The summed E-state index contributed by atoms with van der Waals surface area (Å²) in [4.78, 5) is 14.3. The van der Waals surface area contributed by atoms with Crippen molar-refractivity contribution in [3.63, 3.8) is 0 Å². The van der Waals surface area contributed by atoms with Crippen LogP contribution in [0.1, 0.15) is 45.9 Å². The van der Waals surface area contributed by atoms with E-state index in [4.69, 9.17) is 0 Å². The normalized spacial score (nSPS) is 19.0. The number of aromatic nitrogens is 3. The molecule has 2 rings (SSSR count). The number of nitrogens with zero attached hydrogens (tertiary/aromatic N) is 4. The summed E-state index contributed by atoms with van der Waals surface area (Å²) >= 11 is 1.52. The fourth-order valence-corrected chi connectivity index (χ4v) is 3.71. The number of hydrogen-bond donors (Lipinski definition) is 0. The molecule has 0 saturated carbocycles. The quantitative estimate of drug-likeness (QED) is 0.758. The standard InChI is InChI=1S/C15H26N4OS/c1-4-7-13-16-17-15(19(13)5-2)21-11-14(20)18-9-6-8-12(3)10-18/h12H,4-11H2,1-3H3/t12-/m1/s1. The number of aryl methyl sites for hydroxylation is 1. The maximum Gasteiger partial charge on any atom is 0.233 e. The van der Waals surface area contributed by atoms with Gasteiger partial charge in [-0.2, -0.15) is 0 Å². The van der Waals surface area contributed by atoms with Crippen LogP contribution in [0.15, 0.2) is 5.16 Å². The third kappa shape index (κ3) is 4.22. The van der Waals surface area contributed by atoms with E-state index in [-0.39, 0.29) is 5.91 Å². The van der Waals surface area contributed by atoms with Crippen molar-refractivity contribution >= 4 is 17.7 Å². The molecule has 0 spiro atoms. The van der Waals surface area contributed by atoms with E-state index in [0.29, 0.717) is 11.7 Å². The van der Waals surface area contributed by atoms with Crippen molar-refractivity contribution in [1.29, 1.82) is 0 Å². The number of hydrogen-bond acceptors (Lipinski definition) is 4. The number of likely N-dealkylation sites (tertiary alicyclic amines) is 1. The zero-order valence-electron chi connectivity index (χ0n) is 13.3. The predicted octanol–water partition coefficient (Wildman–Crippen LogP) is 2.60. The molecule has 0 bridgehead atoms. The van der Waals surface area contributed by atoms with Crippen LogP contribution in [-0.2, 0) is 17.8 Å². The molecule has 1 aliphatic rings. The Morgan fingerprint density at radius 1 is 1.38 bits per heavy atom. The van der Waals surface area contributed by atoms with E-state index in [2.05, 4.69) is 35.5 Å². The molecule has 0 aliphatic carbocycles. The molecule has 1 saturated heterocycles. The molecular formula is C15H26N4OS. The van der Waals surface area contributed by atoms with Crippen molar-refractivity contribution in [2.75, 3.05) is 18.8 Å². The van der Waals surface area contributed by atoms with Crippen LogP contribution in [0, 0.1) is 5.92 Å². The van der Waals surface area contributed by atoms with Crippen molar-refractivity contribution in [3.05, 3.63) is 5.82 Å². The second kappa shape index (κ2) is 7.82. The number of amides is 1. The van der Waals surface area contributed by atoms with Gasteiger partial charge in [0.1, 0.15) is 5.82 Å². The van der Waals surface area contributed by atoms with Gasteiger partial charge in [0, 0.05) is 26.1 Å². The van der Waals surface area contributed by atoms with Gasteiger partial charge in [-0.15, -0.1) is 10.2 Å². The Hall–Kier alpha value is -1.04. The number of piperidine rings is 1. The van der Waals surface area contributed by atoms with Crippen molar-refractivity contribution in [1.82, 2.24) is 19.7 Å². The van der Waals surface area contributed by atoms with Gasteiger partial charge in [0.25, 0.3) is 0 Å². The van der Waals surface area contributed by atoms with Gasteiger partial charge < -0.3 is 9.47 Å². The molecule has 1 aromatic rings. The van der Waals surface area contributed by atoms with Crippen LogP contribution in [0.2, 0.25) is 0 Å². The number of carbonyl (C=O) groups is 1. The summed E-state index contributed by atoms with van der Waals surface area (Å²) in [5, 5.41) is 9.36. The molecule has 6 heteroatoms. The summed E-state index contributed by atoms with van der Waals surface area (Å²) in [6.45, 7) is 9.13. The highest BCUT2D eigenvalue weighted by Gasteiger charge is 2.21. The Balaban J connectivity index is 1.91. The largest absolute Gasteiger partial charge is 0.342 e. The molecule has 1 atom stereocenters. The molecule has 1 fully saturated rings. The van der Waals surface area contributed by atoms with Crippen LogP contribution in [0.25, 0.3) is 0 Å². The molecule has 0 aromatic carbocycles. The van der Waals surface area contributed by atoms with Gasteiger partial charge in [0.2, 0.25) is 5.91 Å². The highest BCUT2D eigenvalue weighted by molar-refractivity contribution is 7.99. The summed E-state index contributed by atoms with van der Waals surface area (Å²) in [5.74, 6) is 2.36. The smallest absolute Gasteiger partial charge is 0.233 e.